The highest BCUT2D eigenvalue weighted by Gasteiger charge is 2.19. The molecule has 0 spiro atoms. The Kier molecular flexibility index (Phi) is 6.20. The fourth-order valence-electron chi connectivity index (χ4n) is 2.42. The summed E-state index contributed by atoms with van der Waals surface area (Å²) in [5, 5.41) is 25.9. The van der Waals surface area contributed by atoms with Gasteiger partial charge in [0.15, 0.2) is 0 Å². The van der Waals surface area contributed by atoms with E-state index in [0.29, 0.717) is 0 Å². The maximum absolute atomic E-state index is 11.1. The van der Waals surface area contributed by atoms with E-state index in [0.717, 1.165) is 21.4 Å². The number of hydrogen-bond donors (Lipinski definition) is 1. The number of nitro groups is 2. The molecule has 0 fully saturated rings. The van der Waals surface area contributed by atoms with Gasteiger partial charge in [-0.15, -0.1) is 0 Å². The van der Waals surface area contributed by atoms with Gasteiger partial charge in [0.25, 0.3) is 5.69 Å². The lowest BCUT2D eigenvalue weighted by atomic mass is 10.2. The number of nitro benzene ring substituents is 2. The van der Waals surface area contributed by atoms with E-state index in [4.69, 9.17) is 0 Å². The number of rotatable bonds is 7. The van der Waals surface area contributed by atoms with Crippen LogP contribution in [0.15, 0.2) is 81.6 Å². The monoisotopic (exact) mass is 408 g/mol. The Bertz CT molecular complexity index is 1070. The third kappa shape index (κ3) is 5.39. The van der Waals surface area contributed by atoms with E-state index in [1.165, 1.54) is 23.9 Å². The van der Waals surface area contributed by atoms with Crippen LogP contribution >= 0.6 is 11.8 Å². The van der Waals surface area contributed by atoms with Gasteiger partial charge >= 0.3 is 5.69 Å². The summed E-state index contributed by atoms with van der Waals surface area (Å²) in [5.74, 6) is 0. The van der Waals surface area contributed by atoms with E-state index in [9.17, 15) is 20.2 Å². The summed E-state index contributed by atoms with van der Waals surface area (Å²) in [6.07, 6.45) is 1.52. The Morgan fingerprint density at radius 1 is 0.897 bits per heavy atom. The number of hydrogen-bond acceptors (Lipinski definition) is 7. The average molecular weight is 408 g/mol. The predicted octanol–water partition coefficient (Wildman–Crippen LogP) is 5.41. The molecule has 0 heterocycles. The van der Waals surface area contributed by atoms with Crippen molar-refractivity contribution < 1.29 is 9.85 Å². The third-order valence-electron chi connectivity index (χ3n) is 3.92. The summed E-state index contributed by atoms with van der Waals surface area (Å²) in [4.78, 5) is 22.7. The first kappa shape index (κ1) is 20.0. The summed E-state index contributed by atoms with van der Waals surface area (Å²) < 4.78 is 0. The van der Waals surface area contributed by atoms with E-state index in [2.05, 4.69) is 34.8 Å². The zero-order chi connectivity index (χ0) is 20.8. The largest absolute Gasteiger partial charge is 0.301 e. The SMILES string of the molecule is Cc1ccc(Sc2ccc(/C=N\Nc3ccc([N+](=O)[O-])cc3[N+](=O)[O-])cc2)cc1. The molecule has 0 aliphatic carbocycles. The normalized spacial score (nSPS) is 10.8. The zero-order valence-electron chi connectivity index (χ0n) is 15.3. The van der Waals surface area contributed by atoms with Crippen molar-refractivity contribution in [2.75, 3.05) is 5.43 Å². The molecule has 9 heteroatoms. The fraction of sp³-hybridized carbons (Fsp3) is 0.0500. The maximum atomic E-state index is 11.1. The van der Waals surface area contributed by atoms with Gasteiger partial charge in [-0.3, -0.25) is 25.7 Å². The van der Waals surface area contributed by atoms with E-state index in [1.807, 2.05) is 31.2 Å². The van der Waals surface area contributed by atoms with Gasteiger partial charge in [-0.2, -0.15) is 5.10 Å². The van der Waals surface area contributed by atoms with E-state index >= 15 is 0 Å². The van der Waals surface area contributed by atoms with Gasteiger partial charge in [-0.1, -0.05) is 41.6 Å². The summed E-state index contributed by atoms with van der Waals surface area (Å²) >= 11 is 1.64. The van der Waals surface area contributed by atoms with Crippen LogP contribution in [0.1, 0.15) is 11.1 Å². The van der Waals surface area contributed by atoms with E-state index in [-0.39, 0.29) is 11.4 Å². The molecule has 0 unspecified atom stereocenters. The molecule has 0 atom stereocenters. The Labute approximate surface area is 170 Å². The highest BCUT2D eigenvalue weighted by Crippen LogP contribution is 2.29. The Balaban J connectivity index is 1.67. The second-order valence-corrected chi connectivity index (χ2v) is 7.22. The predicted molar refractivity (Wildman–Crippen MR) is 113 cm³/mol. The topological polar surface area (TPSA) is 111 Å². The molecule has 3 rings (SSSR count). The Hall–Kier alpha value is -3.72. The van der Waals surface area contributed by atoms with Crippen molar-refractivity contribution in [1.82, 2.24) is 0 Å². The van der Waals surface area contributed by atoms with Crippen molar-refractivity contribution in [2.45, 2.75) is 16.7 Å². The van der Waals surface area contributed by atoms with Crippen LogP contribution in [0.3, 0.4) is 0 Å². The van der Waals surface area contributed by atoms with Crippen molar-refractivity contribution in [3.05, 3.63) is 98.1 Å². The number of nitrogens with zero attached hydrogens (tertiary/aromatic N) is 3. The van der Waals surface area contributed by atoms with E-state index in [1.54, 1.807) is 11.8 Å². The van der Waals surface area contributed by atoms with Crippen LogP contribution in [0, 0.1) is 27.2 Å². The van der Waals surface area contributed by atoms with Gasteiger partial charge in [0.05, 0.1) is 22.1 Å². The third-order valence-corrected chi connectivity index (χ3v) is 4.94. The second kappa shape index (κ2) is 8.98. The quantitative estimate of drug-likeness (QED) is 0.318. The molecule has 8 nitrogen and oxygen atoms in total. The van der Waals surface area contributed by atoms with E-state index < -0.39 is 15.5 Å². The molecule has 0 saturated carbocycles. The average Bonchev–Trinajstić information content (AvgIpc) is 2.71. The highest BCUT2D eigenvalue weighted by molar-refractivity contribution is 7.99. The van der Waals surface area contributed by atoms with Crippen LogP contribution in [0.4, 0.5) is 17.1 Å². The molecule has 29 heavy (non-hydrogen) atoms. The van der Waals surface area contributed by atoms with Gasteiger partial charge in [0, 0.05) is 15.9 Å². The molecule has 1 N–H and O–H groups in total. The van der Waals surface area contributed by atoms with Crippen molar-refractivity contribution in [1.29, 1.82) is 0 Å². The Morgan fingerprint density at radius 2 is 1.52 bits per heavy atom. The maximum Gasteiger partial charge on any atom is 0.301 e. The number of hydrazone groups is 1. The van der Waals surface area contributed by atoms with Crippen molar-refractivity contribution in [2.24, 2.45) is 5.10 Å². The standard InChI is InChI=1S/C20H16N4O4S/c1-14-2-7-17(8-3-14)29-18-9-4-15(5-10-18)13-21-22-19-11-6-16(23(25)26)12-20(19)24(27)28/h2-13,22H,1H3/b21-13-. The smallest absolute Gasteiger partial charge is 0.272 e. The molecule has 0 aliphatic heterocycles. The summed E-state index contributed by atoms with van der Waals surface area (Å²) in [6.45, 7) is 2.04. The summed E-state index contributed by atoms with van der Waals surface area (Å²) in [7, 11) is 0. The zero-order valence-corrected chi connectivity index (χ0v) is 16.1. The number of non-ortho nitro benzene ring substituents is 1. The van der Waals surface area contributed by atoms with Crippen molar-refractivity contribution in [3.63, 3.8) is 0 Å². The van der Waals surface area contributed by atoms with Crippen LogP contribution in [0.5, 0.6) is 0 Å². The van der Waals surface area contributed by atoms with Gasteiger partial charge in [0.1, 0.15) is 5.69 Å². The molecule has 3 aromatic rings. The molecule has 0 saturated heterocycles. The van der Waals surface area contributed by atoms with Crippen LogP contribution in [0.25, 0.3) is 0 Å². The number of aryl methyl sites for hydroxylation is 1. The van der Waals surface area contributed by atoms with Crippen molar-refractivity contribution in [3.8, 4) is 0 Å². The van der Waals surface area contributed by atoms with Crippen LogP contribution in [-0.4, -0.2) is 16.1 Å². The molecule has 0 amide bonds. The summed E-state index contributed by atoms with van der Waals surface area (Å²) in [6, 6.07) is 19.3. The molecule has 0 radical (unpaired) electrons. The molecule has 146 valence electrons. The van der Waals surface area contributed by atoms with Crippen LogP contribution in [0.2, 0.25) is 0 Å². The number of nitrogens with one attached hydrogen (secondary N) is 1. The molecular formula is C20H16N4O4S. The lowest BCUT2D eigenvalue weighted by Crippen LogP contribution is -1.98. The minimum atomic E-state index is -0.693. The summed E-state index contributed by atoms with van der Waals surface area (Å²) in [5.41, 5.74) is 3.88. The number of benzene rings is 3. The first-order chi connectivity index (χ1) is 13.9. The second-order valence-electron chi connectivity index (χ2n) is 6.07. The highest BCUT2D eigenvalue weighted by atomic mass is 32.2. The molecule has 0 aromatic heterocycles. The van der Waals surface area contributed by atoms with Crippen molar-refractivity contribution >= 4 is 35.0 Å². The van der Waals surface area contributed by atoms with Gasteiger partial charge < -0.3 is 0 Å². The molecule has 0 bridgehead atoms. The minimum Gasteiger partial charge on any atom is -0.272 e. The lowest BCUT2D eigenvalue weighted by molar-refractivity contribution is -0.393. The molecule has 0 aliphatic rings. The number of anilines is 1. The van der Waals surface area contributed by atoms with Crippen LogP contribution in [-0.2, 0) is 0 Å². The molecular weight excluding hydrogens is 392 g/mol. The Morgan fingerprint density at radius 3 is 2.10 bits per heavy atom. The first-order valence-corrected chi connectivity index (χ1v) is 9.30. The van der Waals surface area contributed by atoms with Gasteiger partial charge in [-0.05, 0) is 42.8 Å². The minimum absolute atomic E-state index is 0.0726. The van der Waals surface area contributed by atoms with Crippen LogP contribution < -0.4 is 5.43 Å². The molecule has 3 aromatic carbocycles. The first-order valence-electron chi connectivity index (χ1n) is 8.49. The van der Waals surface area contributed by atoms with Gasteiger partial charge in [-0.25, -0.2) is 0 Å². The lowest BCUT2D eigenvalue weighted by Gasteiger charge is -2.03. The van der Waals surface area contributed by atoms with Gasteiger partial charge in [0.2, 0.25) is 0 Å². The fourth-order valence-corrected chi connectivity index (χ4v) is 3.24.